The Morgan fingerprint density at radius 2 is 1.91 bits per heavy atom. The van der Waals surface area contributed by atoms with Crippen LogP contribution < -0.4 is 5.32 Å². The van der Waals surface area contributed by atoms with E-state index in [0.717, 1.165) is 30.0 Å². The Morgan fingerprint density at radius 1 is 1.18 bits per heavy atom. The quantitative estimate of drug-likeness (QED) is 0.850. The molecule has 1 aliphatic heterocycles. The summed E-state index contributed by atoms with van der Waals surface area (Å²) in [6.45, 7) is 1.98. The lowest BCUT2D eigenvalue weighted by Gasteiger charge is -2.34. The molecule has 3 nitrogen and oxygen atoms in total. The van der Waals surface area contributed by atoms with Crippen LogP contribution in [0.3, 0.4) is 0 Å². The maximum absolute atomic E-state index is 13.2. The van der Waals surface area contributed by atoms with Gasteiger partial charge in [-0.05, 0) is 44.2 Å². The predicted octanol–water partition coefficient (Wildman–Crippen LogP) is 3.58. The van der Waals surface area contributed by atoms with E-state index in [2.05, 4.69) is 16.3 Å². The molecule has 1 saturated heterocycles. The van der Waals surface area contributed by atoms with Gasteiger partial charge in [-0.1, -0.05) is 25.0 Å². The van der Waals surface area contributed by atoms with Crippen LogP contribution in [0.4, 0.5) is 0 Å². The molecule has 0 radical (unpaired) electrons. The van der Waals surface area contributed by atoms with Gasteiger partial charge in [-0.2, -0.15) is 0 Å². The smallest absolute Gasteiger partial charge is 0.255 e. The molecule has 2 fully saturated rings. The lowest BCUT2D eigenvalue weighted by atomic mass is 10.1. The van der Waals surface area contributed by atoms with Gasteiger partial charge in [-0.25, -0.2) is 0 Å². The summed E-state index contributed by atoms with van der Waals surface area (Å²) in [6, 6.07) is 8.84. The zero-order chi connectivity index (χ0) is 14.7. The van der Waals surface area contributed by atoms with Gasteiger partial charge in [0.25, 0.3) is 5.91 Å². The zero-order valence-corrected chi connectivity index (χ0v) is 14.7. The van der Waals surface area contributed by atoms with E-state index in [4.69, 9.17) is 0 Å². The molecule has 0 aromatic heterocycles. The van der Waals surface area contributed by atoms with Crippen molar-refractivity contribution >= 4 is 30.1 Å². The van der Waals surface area contributed by atoms with Gasteiger partial charge in [-0.15, -0.1) is 24.2 Å². The number of carbonyl (C=O) groups is 1. The molecule has 122 valence electrons. The standard InChI is InChI=1S/C17H24N2OS.ClH/c1-21-16-9-5-4-8-15(16)17(20)19(13-6-2-3-7-13)14-10-11-18-12-14;/h4-5,8-9,13-14,18H,2-3,6-7,10-12H2,1H3;1H/t14-;/m0./s1. The van der Waals surface area contributed by atoms with Crippen LogP contribution in [0.1, 0.15) is 42.5 Å². The second kappa shape index (κ2) is 8.23. The van der Waals surface area contributed by atoms with Crippen molar-refractivity contribution in [3.8, 4) is 0 Å². The number of thioether (sulfide) groups is 1. The number of hydrogen-bond acceptors (Lipinski definition) is 3. The van der Waals surface area contributed by atoms with E-state index in [0.29, 0.717) is 12.1 Å². The van der Waals surface area contributed by atoms with E-state index < -0.39 is 0 Å². The molecule has 22 heavy (non-hydrogen) atoms. The maximum atomic E-state index is 13.2. The molecule has 1 heterocycles. The second-order valence-electron chi connectivity index (χ2n) is 6.00. The monoisotopic (exact) mass is 340 g/mol. The van der Waals surface area contributed by atoms with Gasteiger partial charge in [0.2, 0.25) is 0 Å². The van der Waals surface area contributed by atoms with E-state index in [1.807, 2.05) is 24.5 Å². The normalized spacial score (nSPS) is 21.6. The van der Waals surface area contributed by atoms with Crippen LogP contribution in [-0.2, 0) is 0 Å². The highest BCUT2D eigenvalue weighted by Gasteiger charge is 2.35. The number of carbonyl (C=O) groups excluding carboxylic acids is 1. The summed E-state index contributed by atoms with van der Waals surface area (Å²) in [4.78, 5) is 16.5. The molecule has 0 bridgehead atoms. The summed E-state index contributed by atoms with van der Waals surface area (Å²) in [5, 5.41) is 3.41. The lowest BCUT2D eigenvalue weighted by molar-refractivity contribution is 0.0591. The van der Waals surface area contributed by atoms with Crippen LogP contribution in [0.2, 0.25) is 0 Å². The Kier molecular flexibility index (Phi) is 6.60. The minimum atomic E-state index is 0. The average Bonchev–Trinajstić information content (AvgIpc) is 3.21. The molecule has 5 heteroatoms. The van der Waals surface area contributed by atoms with E-state index in [-0.39, 0.29) is 18.3 Å². The summed E-state index contributed by atoms with van der Waals surface area (Å²) in [5.74, 6) is 0.237. The van der Waals surface area contributed by atoms with Crippen molar-refractivity contribution in [1.29, 1.82) is 0 Å². The third-order valence-corrected chi connectivity index (χ3v) is 5.51. The Bertz CT molecular complexity index is 483. The minimum absolute atomic E-state index is 0. The van der Waals surface area contributed by atoms with Crippen molar-refractivity contribution in [2.45, 2.75) is 49.1 Å². The van der Waals surface area contributed by atoms with Crippen molar-refractivity contribution in [3.63, 3.8) is 0 Å². The van der Waals surface area contributed by atoms with Gasteiger partial charge in [0.1, 0.15) is 0 Å². The molecule has 1 saturated carbocycles. The maximum Gasteiger partial charge on any atom is 0.255 e. The summed E-state index contributed by atoms with van der Waals surface area (Å²) in [6.07, 6.45) is 8.00. The first-order valence-corrected chi connectivity index (χ1v) is 9.20. The fourth-order valence-electron chi connectivity index (χ4n) is 3.65. The van der Waals surface area contributed by atoms with Crippen molar-refractivity contribution in [1.82, 2.24) is 10.2 Å². The summed E-state index contributed by atoms with van der Waals surface area (Å²) >= 11 is 1.66. The molecule has 1 aromatic carbocycles. The van der Waals surface area contributed by atoms with Crippen LogP contribution in [0.5, 0.6) is 0 Å². The molecule has 3 rings (SSSR count). The molecular formula is C17H25ClN2OS. The van der Waals surface area contributed by atoms with Gasteiger partial charge in [0.05, 0.1) is 5.56 Å². The number of hydrogen-bond donors (Lipinski definition) is 1. The van der Waals surface area contributed by atoms with Gasteiger partial charge in [0.15, 0.2) is 0 Å². The van der Waals surface area contributed by atoms with Crippen LogP contribution in [0.15, 0.2) is 29.2 Å². The molecule has 2 aliphatic rings. The third kappa shape index (κ3) is 3.61. The average molecular weight is 341 g/mol. The van der Waals surface area contributed by atoms with Crippen molar-refractivity contribution in [2.24, 2.45) is 0 Å². The summed E-state index contributed by atoms with van der Waals surface area (Å²) < 4.78 is 0. The van der Waals surface area contributed by atoms with Crippen LogP contribution in [-0.4, -0.2) is 42.2 Å². The number of nitrogens with one attached hydrogen (secondary N) is 1. The molecule has 1 aromatic rings. The molecule has 1 atom stereocenters. The number of halogens is 1. The first kappa shape index (κ1) is 17.6. The van der Waals surface area contributed by atoms with E-state index in [1.54, 1.807) is 11.8 Å². The lowest BCUT2D eigenvalue weighted by Crippen LogP contribution is -2.47. The molecule has 0 spiro atoms. The summed E-state index contributed by atoms with van der Waals surface area (Å²) in [7, 11) is 0. The Morgan fingerprint density at radius 3 is 2.55 bits per heavy atom. The molecular weight excluding hydrogens is 316 g/mol. The van der Waals surface area contributed by atoms with E-state index in [9.17, 15) is 4.79 Å². The van der Waals surface area contributed by atoms with Crippen LogP contribution in [0, 0.1) is 0 Å². The van der Waals surface area contributed by atoms with Gasteiger partial charge >= 0.3 is 0 Å². The minimum Gasteiger partial charge on any atom is -0.331 e. The van der Waals surface area contributed by atoms with Crippen molar-refractivity contribution in [2.75, 3.05) is 19.3 Å². The predicted molar refractivity (Wildman–Crippen MR) is 95.2 cm³/mol. The molecule has 1 N–H and O–H groups in total. The third-order valence-electron chi connectivity index (χ3n) is 4.72. The highest BCUT2D eigenvalue weighted by Crippen LogP contribution is 2.30. The number of rotatable bonds is 4. The van der Waals surface area contributed by atoms with E-state index in [1.165, 1.54) is 25.7 Å². The van der Waals surface area contributed by atoms with Crippen LogP contribution >= 0.6 is 24.2 Å². The van der Waals surface area contributed by atoms with Crippen molar-refractivity contribution in [3.05, 3.63) is 29.8 Å². The van der Waals surface area contributed by atoms with Gasteiger partial charge < -0.3 is 10.2 Å². The Labute approximate surface area is 143 Å². The molecule has 1 aliphatic carbocycles. The largest absolute Gasteiger partial charge is 0.331 e. The highest BCUT2D eigenvalue weighted by atomic mass is 35.5. The molecule has 0 unspecified atom stereocenters. The first-order chi connectivity index (χ1) is 10.3. The fourth-order valence-corrected chi connectivity index (χ4v) is 4.24. The van der Waals surface area contributed by atoms with E-state index >= 15 is 0 Å². The molecule has 1 amide bonds. The Hall–Kier alpha value is -0.710. The number of nitrogens with zero attached hydrogens (tertiary/aromatic N) is 1. The van der Waals surface area contributed by atoms with Gasteiger partial charge in [-0.3, -0.25) is 4.79 Å². The first-order valence-electron chi connectivity index (χ1n) is 7.97. The van der Waals surface area contributed by atoms with Crippen LogP contribution in [0.25, 0.3) is 0 Å². The zero-order valence-electron chi connectivity index (χ0n) is 13.1. The second-order valence-corrected chi connectivity index (χ2v) is 6.85. The summed E-state index contributed by atoms with van der Waals surface area (Å²) in [5.41, 5.74) is 0.879. The fraction of sp³-hybridized carbons (Fsp3) is 0.588. The SMILES string of the molecule is CSc1ccccc1C(=O)N(C1CCCC1)[C@H]1CCNC1.Cl. The van der Waals surface area contributed by atoms with Crippen molar-refractivity contribution < 1.29 is 4.79 Å². The topological polar surface area (TPSA) is 32.3 Å². The number of amides is 1. The highest BCUT2D eigenvalue weighted by molar-refractivity contribution is 7.98. The Balaban J connectivity index is 0.00000176. The number of benzene rings is 1. The van der Waals surface area contributed by atoms with Gasteiger partial charge in [0, 0.05) is 23.5 Å².